The summed E-state index contributed by atoms with van der Waals surface area (Å²) in [6.07, 6.45) is 1.73. The Balaban J connectivity index is 1.48. The van der Waals surface area contributed by atoms with E-state index in [2.05, 4.69) is 15.1 Å². The molecule has 0 unspecified atom stereocenters. The van der Waals surface area contributed by atoms with Crippen LogP contribution in [0, 0.1) is 13.8 Å². The maximum absolute atomic E-state index is 13.1. The van der Waals surface area contributed by atoms with Crippen LogP contribution in [0.2, 0.25) is 0 Å². The van der Waals surface area contributed by atoms with E-state index in [4.69, 9.17) is 4.74 Å². The Kier molecular flexibility index (Phi) is 5.13. The lowest BCUT2D eigenvalue weighted by Gasteiger charge is -2.32. The summed E-state index contributed by atoms with van der Waals surface area (Å²) in [6.45, 7) is 5.04. The Morgan fingerprint density at radius 2 is 2.14 bits per heavy atom. The Morgan fingerprint density at radius 3 is 2.89 bits per heavy atom. The van der Waals surface area contributed by atoms with Gasteiger partial charge in [-0.15, -0.1) is 11.3 Å². The van der Waals surface area contributed by atoms with E-state index in [1.165, 1.54) is 0 Å². The molecule has 7 nitrogen and oxygen atoms in total. The van der Waals surface area contributed by atoms with Crippen LogP contribution in [-0.4, -0.2) is 49.7 Å². The van der Waals surface area contributed by atoms with Crippen molar-refractivity contribution in [1.82, 2.24) is 24.6 Å². The number of piperidine rings is 1. The molecule has 1 saturated heterocycles. The molecule has 1 aliphatic rings. The highest BCUT2D eigenvalue weighted by molar-refractivity contribution is 7.13. The molecule has 1 aliphatic heterocycles. The molecular formula is C20H23N5O2S. The second-order valence-electron chi connectivity index (χ2n) is 7.04. The third kappa shape index (κ3) is 3.91. The second kappa shape index (κ2) is 7.71. The highest BCUT2D eigenvalue weighted by atomic mass is 32.1. The van der Waals surface area contributed by atoms with Crippen molar-refractivity contribution < 1.29 is 9.53 Å². The predicted molar refractivity (Wildman–Crippen MR) is 108 cm³/mol. The van der Waals surface area contributed by atoms with Gasteiger partial charge in [-0.25, -0.2) is 4.98 Å². The van der Waals surface area contributed by atoms with Gasteiger partial charge in [-0.3, -0.25) is 9.48 Å². The zero-order valence-corrected chi connectivity index (χ0v) is 17.1. The maximum Gasteiger partial charge on any atom is 0.272 e. The minimum atomic E-state index is -0.0728. The second-order valence-corrected chi connectivity index (χ2v) is 7.99. The van der Waals surface area contributed by atoms with Crippen LogP contribution in [-0.2, 0) is 7.05 Å². The highest BCUT2D eigenvalue weighted by Gasteiger charge is 2.28. The highest BCUT2D eigenvalue weighted by Crippen LogP contribution is 2.25. The number of hydrogen-bond acceptors (Lipinski definition) is 6. The maximum atomic E-state index is 13.1. The van der Waals surface area contributed by atoms with Gasteiger partial charge in [0.05, 0.1) is 11.4 Å². The number of aryl methyl sites for hydroxylation is 3. The van der Waals surface area contributed by atoms with Crippen molar-refractivity contribution in [3.8, 4) is 16.5 Å². The van der Waals surface area contributed by atoms with Crippen molar-refractivity contribution in [1.29, 1.82) is 0 Å². The zero-order chi connectivity index (χ0) is 19.7. The van der Waals surface area contributed by atoms with Gasteiger partial charge in [0.25, 0.3) is 5.91 Å². The minimum Gasteiger partial charge on any atom is -0.472 e. The molecule has 1 amide bonds. The number of amides is 1. The van der Waals surface area contributed by atoms with E-state index in [1.807, 2.05) is 55.4 Å². The molecule has 1 fully saturated rings. The van der Waals surface area contributed by atoms with Crippen LogP contribution in [0.1, 0.15) is 34.8 Å². The van der Waals surface area contributed by atoms with Crippen molar-refractivity contribution in [2.24, 2.45) is 7.05 Å². The van der Waals surface area contributed by atoms with Crippen LogP contribution in [0.25, 0.3) is 10.6 Å². The van der Waals surface area contributed by atoms with Crippen LogP contribution < -0.4 is 4.74 Å². The molecule has 4 heterocycles. The van der Waals surface area contributed by atoms with Gasteiger partial charge in [0.15, 0.2) is 0 Å². The van der Waals surface area contributed by atoms with Gasteiger partial charge in [-0.05, 0) is 44.2 Å². The monoisotopic (exact) mass is 397 g/mol. The third-order valence-corrected chi connectivity index (χ3v) is 5.66. The summed E-state index contributed by atoms with van der Waals surface area (Å²) in [5.41, 5.74) is 2.30. The van der Waals surface area contributed by atoms with Crippen molar-refractivity contribution in [3.63, 3.8) is 0 Å². The number of nitrogens with zero attached hydrogens (tertiary/aromatic N) is 5. The van der Waals surface area contributed by atoms with Gasteiger partial charge in [0.2, 0.25) is 5.88 Å². The van der Waals surface area contributed by atoms with Gasteiger partial charge < -0.3 is 9.64 Å². The quantitative estimate of drug-likeness (QED) is 0.676. The third-order valence-electron chi connectivity index (χ3n) is 4.77. The minimum absolute atomic E-state index is 0.0128. The first-order valence-corrected chi connectivity index (χ1v) is 10.2. The average molecular weight is 398 g/mol. The summed E-state index contributed by atoms with van der Waals surface area (Å²) in [6, 6.07) is 7.70. The first-order valence-electron chi connectivity index (χ1n) is 9.36. The van der Waals surface area contributed by atoms with Gasteiger partial charge in [0.1, 0.15) is 23.3 Å². The number of carbonyl (C=O) groups is 1. The number of ether oxygens (including phenoxy) is 1. The summed E-state index contributed by atoms with van der Waals surface area (Å²) in [7, 11) is 1.81. The molecule has 28 heavy (non-hydrogen) atoms. The fraction of sp³-hybridized carbons (Fsp3) is 0.400. The largest absolute Gasteiger partial charge is 0.472 e. The van der Waals surface area contributed by atoms with E-state index >= 15 is 0 Å². The normalized spacial score (nSPS) is 17.0. The Morgan fingerprint density at radius 1 is 1.29 bits per heavy atom. The Bertz CT molecular complexity index is 962. The van der Waals surface area contributed by atoms with E-state index in [-0.39, 0.29) is 12.0 Å². The summed E-state index contributed by atoms with van der Waals surface area (Å²) < 4.78 is 7.73. The van der Waals surface area contributed by atoms with Crippen LogP contribution in [0.4, 0.5) is 0 Å². The SMILES string of the molecule is Cc1cc(O[C@H]2CCCN(C(=O)c3cc(-c4cccs4)nn3C)C2)nc(C)n1. The van der Waals surface area contributed by atoms with Crippen LogP contribution in [0.5, 0.6) is 5.88 Å². The number of hydrogen-bond donors (Lipinski definition) is 0. The molecule has 3 aromatic rings. The van der Waals surface area contributed by atoms with Crippen molar-refractivity contribution in [2.75, 3.05) is 13.1 Å². The van der Waals surface area contributed by atoms with E-state index in [0.717, 1.165) is 35.7 Å². The van der Waals surface area contributed by atoms with Crippen molar-refractivity contribution >= 4 is 17.2 Å². The van der Waals surface area contributed by atoms with Crippen molar-refractivity contribution in [2.45, 2.75) is 32.8 Å². The lowest BCUT2D eigenvalue weighted by molar-refractivity contribution is 0.0517. The molecule has 0 radical (unpaired) electrons. The summed E-state index contributed by atoms with van der Waals surface area (Å²) in [5.74, 6) is 1.25. The van der Waals surface area contributed by atoms with Crippen LogP contribution in [0.3, 0.4) is 0 Å². The topological polar surface area (TPSA) is 73.1 Å². The smallest absolute Gasteiger partial charge is 0.272 e. The van der Waals surface area contributed by atoms with Gasteiger partial charge in [-0.1, -0.05) is 6.07 Å². The van der Waals surface area contributed by atoms with E-state index < -0.39 is 0 Å². The van der Waals surface area contributed by atoms with Gasteiger partial charge >= 0.3 is 0 Å². The summed E-state index contributed by atoms with van der Waals surface area (Å²) >= 11 is 1.62. The molecule has 146 valence electrons. The molecule has 0 spiro atoms. The fourth-order valence-electron chi connectivity index (χ4n) is 3.51. The van der Waals surface area contributed by atoms with E-state index in [1.54, 1.807) is 16.0 Å². The number of thiophene rings is 1. The molecule has 0 aliphatic carbocycles. The molecule has 8 heteroatoms. The Hall–Kier alpha value is -2.74. The first kappa shape index (κ1) is 18.6. The lowest BCUT2D eigenvalue weighted by atomic mass is 10.1. The molecule has 0 aromatic carbocycles. The molecule has 3 aromatic heterocycles. The van der Waals surface area contributed by atoms with Gasteiger partial charge in [-0.2, -0.15) is 10.1 Å². The van der Waals surface area contributed by atoms with Crippen LogP contribution >= 0.6 is 11.3 Å². The van der Waals surface area contributed by atoms with Crippen LogP contribution in [0.15, 0.2) is 29.6 Å². The van der Waals surface area contributed by atoms with E-state index in [9.17, 15) is 4.79 Å². The Labute approximate surface area is 168 Å². The first-order chi connectivity index (χ1) is 13.5. The van der Waals surface area contributed by atoms with Gasteiger partial charge in [0, 0.05) is 25.4 Å². The predicted octanol–water partition coefficient (Wildman–Crippen LogP) is 3.24. The summed E-state index contributed by atoms with van der Waals surface area (Å²) in [5, 5.41) is 6.52. The zero-order valence-electron chi connectivity index (χ0n) is 16.3. The lowest BCUT2D eigenvalue weighted by Crippen LogP contribution is -2.45. The fourth-order valence-corrected chi connectivity index (χ4v) is 4.19. The number of carbonyl (C=O) groups excluding carboxylic acids is 1. The number of likely N-dealkylation sites (tertiary alicyclic amines) is 1. The number of aromatic nitrogens is 4. The molecule has 0 N–H and O–H groups in total. The standard InChI is InChI=1S/C20H23N5O2S/c1-13-10-19(22-14(2)21-13)27-15-6-4-8-25(12-15)20(26)17-11-16(23-24(17)3)18-7-5-9-28-18/h5,7,9-11,15H,4,6,8,12H2,1-3H3/t15-/m0/s1. The van der Waals surface area contributed by atoms with Crippen molar-refractivity contribution in [3.05, 3.63) is 46.9 Å². The average Bonchev–Trinajstić information content (AvgIpc) is 3.30. The molecular weight excluding hydrogens is 374 g/mol. The number of rotatable bonds is 4. The molecule has 0 saturated carbocycles. The molecule has 0 bridgehead atoms. The van der Waals surface area contributed by atoms with E-state index in [0.29, 0.717) is 23.9 Å². The molecule has 4 rings (SSSR count). The summed E-state index contributed by atoms with van der Waals surface area (Å²) in [4.78, 5) is 24.6. The molecule has 1 atom stereocenters.